The van der Waals surface area contributed by atoms with Crippen LogP contribution in [0.2, 0.25) is 0 Å². The Kier molecular flexibility index (Phi) is 3.06. The van der Waals surface area contributed by atoms with Gasteiger partial charge in [0.25, 0.3) is 0 Å². The molecule has 1 amide bonds. The summed E-state index contributed by atoms with van der Waals surface area (Å²) in [6, 6.07) is 1.55. The molecule has 0 aliphatic carbocycles. The first kappa shape index (κ1) is 10.2. The summed E-state index contributed by atoms with van der Waals surface area (Å²) in [5, 5.41) is 2.94. The van der Waals surface area contributed by atoms with E-state index in [1.165, 1.54) is 0 Å². The molecular formula is C9H14N2OS. The van der Waals surface area contributed by atoms with Gasteiger partial charge in [0.1, 0.15) is 5.00 Å². The number of hydrogen-bond donors (Lipinski definition) is 1. The highest BCUT2D eigenvalue weighted by Crippen LogP contribution is 2.25. The van der Waals surface area contributed by atoms with Crippen LogP contribution < -0.4 is 10.6 Å². The van der Waals surface area contributed by atoms with E-state index in [2.05, 4.69) is 0 Å². The fourth-order valence-electron chi connectivity index (χ4n) is 1.11. The number of aryl methyl sites for hydroxylation is 1. The number of thiophene rings is 1. The summed E-state index contributed by atoms with van der Waals surface area (Å²) < 4.78 is 0. The van der Waals surface area contributed by atoms with Crippen molar-refractivity contribution in [3.63, 3.8) is 0 Å². The molecule has 2 N–H and O–H groups in total. The molecule has 1 unspecified atom stereocenters. The summed E-state index contributed by atoms with van der Waals surface area (Å²) in [6.07, 6.45) is 0. The van der Waals surface area contributed by atoms with Crippen LogP contribution in [0.5, 0.6) is 0 Å². The van der Waals surface area contributed by atoms with Crippen molar-refractivity contribution in [2.45, 2.75) is 19.9 Å². The van der Waals surface area contributed by atoms with Crippen molar-refractivity contribution < 1.29 is 4.79 Å². The number of likely N-dealkylation sites (N-methyl/N-ethyl adjacent to an activating group) is 1. The van der Waals surface area contributed by atoms with Crippen LogP contribution in [0.4, 0.5) is 5.00 Å². The monoisotopic (exact) mass is 198 g/mol. The predicted octanol–water partition coefficient (Wildman–Crippen LogP) is 1.37. The molecule has 3 nitrogen and oxygen atoms in total. The molecule has 0 fully saturated rings. The predicted molar refractivity (Wildman–Crippen MR) is 56.1 cm³/mol. The largest absolute Gasteiger partial charge is 0.320 e. The van der Waals surface area contributed by atoms with Crippen LogP contribution >= 0.6 is 11.3 Å². The van der Waals surface area contributed by atoms with Gasteiger partial charge < -0.3 is 10.6 Å². The molecule has 0 saturated heterocycles. The number of anilines is 1. The molecule has 72 valence electrons. The third kappa shape index (κ3) is 2.08. The van der Waals surface area contributed by atoms with E-state index in [0.717, 1.165) is 10.6 Å². The Morgan fingerprint density at radius 3 is 2.69 bits per heavy atom. The molecule has 0 aliphatic heterocycles. The van der Waals surface area contributed by atoms with Gasteiger partial charge in [-0.1, -0.05) is 0 Å². The highest BCUT2D eigenvalue weighted by molar-refractivity contribution is 7.14. The van der Waals surface area contributed by atoms with Crippen LogP contribution in [-0.4, -0.2) is 19.0 Å². The minimum atomic E-state index is -0.438. The molecule has 1 rings (SSSR count). The molecule has 0 bridgehead atoms. The van der Waals surface area contributed by atoms with Crippen molar-refractivity contribution in [1.82, 2.24) is 0 Å². The number of nitrogens with zero attached hydrogens (tertiary/aromatic N) is 1. The zero-order valence-corrected chi connectivity index (χ0v) is 8.89. The molecule has 1 atom stereocenters. The van der Waals surface area contributed by atoms with Gasteiger partial charge >= 0.3 is 0 Å². The lowest BCUT2D eigenvalue weighted by atomic mass is 10.3. The maximum atomic E-state index is 11.5. The van der Waals surface area contributed by atoms with Gasteiger partial charge in [-0.15, -0.1) is 11.3 Å². The normalized spacial score (nSPS) is 12.6. The van der Waals surface area contributed by atoms with Gasteiger partial charge in [0.2, 0.25) is 5.91 Å². The van der Waals surface area contributed by atoms with Crippen LogP contribution in [-0.2, 0) is 4.79 Å². The van der Waals surface area contributed by atoms with Crippen LogP contribution in [0.3, 0.4) is 0 Å². The molecule has 0 aliphatic rings. The van der Waals surface area contributed by atoms with Crippen LogP contribution in [0, 0.1) is 6.92 Å². The lowest BCUT2D eigenvalue weighted by Crippen LogP contribution is -2.39. The summed E-state index contributed by atoms with van der Waals surface area (Å²) >= 11 is 1.55. The van der Waals surface area contributed by atoms with Gasteiger partial charge in [-0.3, -0.25) is 4.79 Å². The van der Waals surface area contributed by atoms with E-state index in [1.54, 1.807) is 30.2 Å². The molecule has 4 heteroatoms. The smallest absolute Gasteiger partial charge is 0.243 e. The van der Waals surface area contributed by atoms with Gasteiger partial charge in [0.05, 0.1) is 6.04 Å². The summed E-state index contributed by atoms with van der Waals surface area (Å²) in [6.45, 7) is 3.68. The van der Waals surface area contributed by atoms with Crippen LogP contribution in [0.15, 0.2) is 11.4 Å². The standard InChI is InChI=1S/C9H14N2OS/c1-6-4-5-13-9(6)11(3)8(12)7(2)10/h4-5,7H,10H2,1-3H3. The van der Waals surface area contributed by atoms with Crippen molar-refractivity contribution in [3.8, 4) is 0 Å². The molecule has 0 spiro atoms. The Morgan fingerprint density at radius 1 is 1.69 bits per heavy atom. The van der Waals surface area contributed by atoms with E-state index in [1.807, 2.05) is 18.4 Å². The topological polar surface area (TPSA) is 46.3 Å². The average Bonchev–Trinajstić information content (AvgIpc) is 2.48. The zero-order chi connectivity index (χ0) is 10.0. The fourth-order valence-corrected chi connectivity index (χ4v) is 2.02. The number of carbonyl (C=O) groups is 1. The molecule has 1 aromatic heterocycles. The van der Waals surface area contributed by atoms with E-state index in [-0.39, 0.29) is 5.91 Å². The van der Waals surface area contributed by atoms with Crippen molar-refractivity contribution in [2.75, 3.05) is 11.9 Å². The molecule has 13 heavy (non-hydrogen) atoms. The lowest BCUT2D eigenvalue weighted by molar-refractivity contribution is -0.119. The first-order valence-electron chi connectivity index (χ1n) is 4.11. The summed E-state index contributed by atoms with van der Waals surface area (Å²) in [5.41, 5.74) is 6.62. The van der Waals surface area contributed by atoms with E-state index in [9.17, 15) is 4.79 Å². The van der Waals surface area contributed by atoms with Crippen LogP contribution in [0.25, 0.3) is 0 Å². The minimum absolute atomic E-state index is 0.0504. The number of amides is 1. The number of nitrogens with two attached hydrogens (primary N) is 1. The van der Waals surface area contributed by atoms with E-state index in [0.29, 0.717) is 0 Å². The molecule has 0 saturated carbocycles. The van der Waals surface area contributed by atoms with Gasteiger partial charge in [-0.25, -0.2) is 0 Å². The first-order valence-corrected chi connectivity index (χ1v) is 4.99. The second-order valence-electron chi connectivity index (χ2n) is 3.09. The summed E-state index contributed by atoms with van der Waals surface area (Å²) in [4.78, 5) is 13.1. The van der Waals surface area contributed by atoms with Crippen molar-refractivity contribution in [1.29, 1.82) is 0 Å². The highest BCUT2D eigenvalue weighted by atomic mass is 32.1. The van der Waals surface area contributed by atoms with Crippen molar-refractivity contribution >= 4 is 22.2 Å². The maximum Gasteiger partial charge on any atom is 0.243 e. The van der Waals surface area contributed by atoms with Gasteiger partial charge in [-0.2, -0.15) is 0 Å². The zero-order valence-electron chi connectivity index (χ0n) is 8.07. The minimum Gasteiger partial charge on any atom is -0.320 e. The second kappa shape index (κ2) is 3.89. The second-order valence-corrected chi connectivity index (χ2v) is 3.99. The SMILES string of the molecule is Cc1ccsc1N(C)C(=O)C(C)N. The molecule has 0 aromatic carbocycles. The van der Waals surface area contributed by atoms with Crippen molar-refractivity contribution in [3.05, 3.63) is 17.0 Å². The highest BCUT2D eigenvalue weighted by Gasteiger charge is 2.16. The van der Waals surface area contributed by atoms with Gasteiger partial charge in [0, 0.05) is 7.05 Å². The average molecular weight is 198 g/mol. The van der Waals surface area contributed by atoms with Gasteiger partial charge in [-0.05, 0) is 30.9 Å². The molecule has 0 radical (unpaired) electrons. The number of hydrogen-bond acceptors (Lipinski definition) is 3. The maximum absolute atomic E-state index is 11.5. The van der Waals surface area contributed by atoms with E-state index >= 15 is 0 Å². The third-order valence-electron chi connectivity index (χ3n) is 1.86. The first-order chi connectivity index (χ1) is 6.04. The Labute approximate surface area is 82.2 Å². The lowest BCUT2D eigenvalue weighted by Gasteiger charge is -2.18. The number of rotatable bonds is 2. The Balaban J connectivity index is 2.85. The summed E-state index contributed by atoms with van der Waals surface area (Å²) in [7, 11) is 1.75. The Hall–Kier alpha value is -0.870. The Bertz CT molecular complexity index is 306. The van der Waals surface area contributed by atoms with Crippen molar-refractivity contribution in [2.24, 2.45) is 5.73 Å². The molecule has 1 aromatic rings. The quantitative estimate of drug-likeness (QED) is 0.780. The number of carbonyl (C=O) groups excluding carboxylic acids is 1. The van der Waals surface area contributed by atoms with E-state index in [4.69, 9.17) is 5.73 Å². The fraction of sp³-hybridized carbons (Fsp3) is 0.444. The molecular weight excluding hydrogens is 184 g/mol. The Morgan fingerprint density at radius 2 is 2.31 bits per heavy atom. The third-order valence-corrected chi connectivity index (χ3v) is 2.95. The summed E-state index contributed by atoms with van der Waals surface area (Å²) in [5.74, 6) is -0.0504. The van der Waals surface area contributed by atoms with E-state index < -0.39 is 6.04 Å². The van der Waals surface area contributed by atoms with Gasteiger partial charge in [0.15, 0.2) is 0 Å². The van der Waals surface area contributed by atoms with Crippen LogP contribution in [0.1, 0.15) is 12.5 Å². The molecule has 1 heterocycles.